The minimum absolute atomic E-state index is 0.176. The molecule has 0 bridgehead atoms. The van der Waals surface area contributed by atoms with E-state index >= 15 is 0 Å². The van der Waals surface area contributed by atoms with Crippen molar-refractivity contribution in [3.8, 4) is 0 Å². The molecule has 92 valence electrons. The number of piperazine rings is 1. The topological polar surface area (TPSA) is 49.8 Å². The van der Waals surface area contributed by atoms with Gasteiger partial charge in [-0.05, 0) is 24.3 Å². The van der Waals surface area contributed by atoms with Crippen LogP contribution in [0.15, 0.2) is 48.8 Å². The van der Waals surface area contributed by atoms with Gasteiger partial charge in [-0.15, -0.1) is 0 Å². The third-order valence-electron chi connectivity index (χ3n) is 3.20. The largest absolute Gasteiger partial charge is 0.306 e. The molecule has 3 rings (SSSR count). The fraction of sp³-hybridized carbons (Fsp3) is 0.286. The monoisotopic (exact) mass is 240 g/mol. The van der Waals surface area contributed by atoms with Crippen LogP contribution in [0.3, 0.4) is 0 Å². The van der Waals surface area contributed by atoms with Gasteiger partial charge in [0.05, 0.1) is 23.5 Å². The molecule has 1 aliphatic rings. The van der Waals surface area contributed by atoms with Crippen molar-refractivity contribution in [3.63, 3.8) is 0 Å². The summed E-state index contributed by atoms with van der Waals surface area (Å²) in [5, 5.41) is 7.04. The predicted molar refractivity (Wildman–Crippen MR) is 70.0 cm³/mol. The third kappa shape index (κ3) is 2.25. The van der Waals surface area contributed by atoms with Gasteiger partial charge in [0.25, 0.3) is 0 Å². The predicted octanol–water partition coefficient (Wildman–Crippen LogP) is 1.45. The second-order valence-corrected chi connectivity index (χ2v) is 4.37. The van der Waals surface area contributed by atoms with Gasteiger partial charge >= 0.3 is 0 Å². The van der Waals surface area contributed by atoms with Crippen molar-refractivity contribution in [1.29, 1.82) is 0 Å². The first-order valence-electron chi connectivity index (χ1n) is 6.24. The van der Waals surface area contributed by atoms with Crippen LogP contribution in [0.1, 0.15) is 23.5 Å². The molecule has 2 atom stereocenters. The zero-order valence-electron chi connectivity index (χ0n) is 10.1. The lowest BCUT2D eigenvalue weighted by atomic mass is 9.98. The Labute approximate surface area is 106 Å². The highest BCUT2D eigenvalue weighted by Gasteiger charge is 2.28. The number of rotatable bonds is 2. The molecule has 2 aromatic heterocycles. The summed E-state index contributed by atoms with van der Waals surface area (Å²) in [5.41, 5.74) is 2.11. The first-order chi connectivity index (χ1) is 8.95. The minimum atomic E-state index is 0.176. The highest BCUT2D eigenvalue weighted by Crippen LogP contribution is 2.27. The molecule has 2 N–H and O–H groups in total. The maximum atomic E-state index is 4.45. The second-order valence-electron chi connectivity index (χ2n) is 4.37. The maximum absolute atomic E-state index is 4.45. The van der Waals surface area contributed by atoms with Crippen molar-refractivity contribution in [3.05, 3.63) is 60.2 Å². The molecule has 0 amide bonds. The Hall–Kier alpha value is -1.78. The number of pyridine rings is 2. The summed E-state index contributed by atoms with van der Waals surface area (Å²) in [6.07, 6.45) is 3.67. The average molecular weight is 240 g/mol. The van der Waals surface area contributed by atoms with E-state index in [0.29, 0.717) is 0 Å². The van der Waals surface area contributed by atoms with Crippen LogP contribution in [-0.2, 0) is 0 Å². The van der Waals surface area contributed by atoms with E-state index in [1.807, 2.05) is 36.7 Å². The highest BCUT2D eigenvalue weighted by molar-refractivity contribution is 5.19. The fourth-order valence-electron chi connectivity index (χ4n) is 2.36. The van der Waals surface area contributed by atoms with Crippen molar-refractivity contribution in [2.45, 2.75) is 12.1 Å². The maximum Gasteiger partial charge on any atom is 0.0709 e. The van der Waals surface area contributed by atoms with Crippen molar-refractivity contribution in [2.75, 3.05) is 13.1 Å². The molecule has 0 spiro atoms. The van der Waals surface area contributed by atoms with Crippen LogP contribution in [0, 0.1) is 0 Å². The second kappa shape index (κ2) is 5.25. The first-order valence-corrected chi connectivity index (χ1v) is 6.24. The lowest BCUT2D eigenvalue weighted by Gasteiger charge is -2.32. The van der Waals surface area contributed by atoms with E-state index in [2.05, 4.69) is 32.7 Å². The number of hydrogen-bond donors (Lipinski definition) is 2. The van der Waals surface area contributed by atoms with E-state index < -0.39 is 0 Å². The zero-order valence-corrected chi connectivity index (χ0v) is 10.1. The molecule has 2 aromatic rings. The SMILES string of the molecule is c1ccc(C2NCCNC2c2ccccn2)nc1. The van der Waals surface area contributed by atoms with E-state index in [-0.39, 0.29) is 12.1 Å². The Balaban J connectivity index is 1.92. The summed E-state index contributed by atoms with van der Waals surface area (Å²) in [5.74, 6) is 0. The van der Waals surface area contributed by atoms with Crippen LogP contribution in [0.4, 0.5) is 0 Å². The average Bonchev–Trinajstić information content (AvgIpc) is 2.49. The Morgan fingerprint density at radius 2 is 1.28 bits per heavy atom. The molecule has 1 saturated heterocycles. The summed E-state index contributed by atoms with van der Waals surface area (Å²) >= 11 is 0. The normalized spacial score (nSPS) is 23.8. The van der Waals surface area contributed by atoms with E-state index in [0.717, 1.165) is 24.5 Å². The van der Waals surface area contributed by atoms with Crippen LogP contribution >= 0.6 is 0 Å². The smallest absolute Gasteiger partial charge is 0.0709 e. The van der Waals surface area contributed by atoms with E-state index in [1.54, 1.807) is 0 Å². The molecule has 3 heterocycles. The molecule has 2 unspecified atom stereocenters. The number of hydrogen-bond acceptors (Lipinski definition) is 4. The molecule has 4 heteroatoms. The standard InChI is InChI=1S/C14H16N4/c1-3-7-15-11(5-1)13-14(18-10-9-17-13)12-6-2-4-8-16-12/h1-8,13-14,17-18H,9-10H2. The molecule has 1 fully saturated rings. The molecule has 4 nitrogen and oxygen atoms in total. The molecule has 18 heavy (non-hydrogen) atoms. The van der Waals surface area contributed by atoms with Crippen molar-refractivity contribution in [1.82, 2.24) is 20.6 Å². The lowest BCUT2D eigenvalue weighted by molar-refractivity contribution is 0.322. The van der Waals surface area contributed by atoms with Gasteiger partial charge < -0.3 is 10.6 Å². The van der Waals surface area contributed by atoms with E-state index in [9.17, 15) is 0 Å². The molecule has 0 saturated carbocycles. The Bertz CT molecular complexity index is 438. The first kappa shape index (κ1) is 11.3. The van der Waals surface area contributed by atoms with Crippen LogP contribution in [-0.4, -0.2) is 23.1 Å². The van der Waals surface area contributed by atoms with Crippen LogP contribution in [0.2, 0.25) is 0 Å². The van der Waals surface area contributed by atoms with Gasteiger partial charge in [-0.1, -0.05) is 12.1 Å². The molecule has 1 aliphatic heterocycles. The van der Waals surface area contributed by atoms with Gasteiger partial charge in [-0.3, -0.25) is 9.97 Å². The van der Waals surface area contributed by atoms with Gasteiger partial charge in [-0.2, -0.15) is 0 Å². The van der Waals surface area contributed by atoms with Crippen LogP contribution in [0.5, 0.6) is 0 Å². The highest BCUT2D eigenvalue weighted by atomic mass is 15.1. The van der Waals surface area contributed by atoms with Gasteiger partial charge in [0, 0.05) is 25.5 Å². The molecule has 0 aliphatic carbocycles. The van der Waals surface area contributed by atoms with E-state index in [1.165, 1.54) is 0 Å². The lowest BCUT2D eigenvalue weighted by Crippen LogP contribution is -2.45. The summed E-state index contributed by atoms with van der Waals surface area (Å²) in [7, 11) is 0. The van der Waals surface area contributed by atoms with Crippen LogP contribution in [0.25, 0.3) is 0 Å². The third-order valence-corrected chi connectivity index (χ3v) is 3.20. The van der Waals surface area contributed by atoms with Gasteiger partial charge in [0.15, 0.2) is 0 Å². The summed E-state index contributed by atoms with van der Waals surface area (Å²) in [4.78, 5) is 8.90. The van der Waals surface area contributed by atoms with E-state index in [4.69, 9.17) is 0 Å². The molecule has 0 aromatic carbocycles. The minimum Gasteiger partial charge on any atom is -0.306 e. The summed E-state index contributed by atoms with van der Waals surface area (Å²) < 4.78 is 0. The fourth-order valence-corrected chi connectivity index (χ4v) is 2.36. The molecular formula is C14H16N4. The Kier molecular flexibility index (Phi) is 3.30. The van der Waals surface area contributed by atoms with Gasteiger partial charge in [0.1, 0.15) is 0 Å². The van der Waals surface area contributed by atoms with Crippen molar-refractivity contribution < 1.29 is 0 Å². The molecular weight excluding hydrogens is 224 g/mol. The number of aromatic nitrogens is 2. The zero-order chi connectivity index (χ0) is 12.2. The Morgan fingerprint density at radius 1 is 0.778 bits per heavy atom. The summed E-state index contributed by atoms with van der Waals surface area (Å²) in [6.45, 7) is 1.90. The number of nitrogens with zero attached hydrogens (tertiary/aromatic N) is 2. The van der Waals surface area contributed by atoms with Gasteiger partial charge in [0.2, 0.25) is 0 Å². The van der Waals surface area contributed by atoms with Crippen molar-refractivity contribution in [2.24, 2.45) is 0 Å². The van der Waals surface area contributed by atoms with Crippen LogP contribution < -0.4 is 10.6 Å². The van der Waals surface area contributed by atoms with Crippen molar-refractivity contribution >= 4 is 0 Å². The Morgan fingerprint density at radius 3 is 1.67 bits per heavy atom. The number of nitrogens with one attached hydrogen (secondary N) is 2. The quantitative estimate of drug-likeness (QED) is 0.834. The summed E-state index contributed by atoms with van der Waals surface area (Å²) in [6, 6.07) is 12.4. The van der Waals surface area contributed by atoms with Gasteiger partial charge in [-0.25, -0.2) is 0 Å². The molecule has 0 radical (unpaired) electrons.